The topological polar surface area (TPSA) is 66.8 Å². The lowest BCUT2D eigenvalue weighted by Gasteiger charge is -2.28. The van der Waals surface area contributed by atoms with Crippen LogP contribution >= 0.6 is 0 Å². The summed E-state index contributed by atoms with van der Waals surface area (Å²) in [5.74, 6) is -0.492. The van der Waals surface area contributed by atoms with Crippen LogP contribution in [-0.2, 0) is 16.8 Å². The molecule has 0 aromatic heterocycles. The molecule has 1 aliphatic rings. The molecule has 0 saturated heterocycles. The molecule has 0 amide bonds. The van der Waals surface area contributed by atoms with Crippen LogP contribution in [0.25, 0.3) is 11.1 Å². The SMILES string of the molecule is COc1cccc([C@](O)(CC(=O)O)c2ccc3c(c2)Cc2ccccc2-3)c1. The van der Waals surface area contributed by atoms with Crippen LogP contribution in [0.1, 0.15) is 28.7 Å². The number of carbonyl (C=O) groups is 1. The second kappa shape index (κ2) is 6.56. The average molecular weight is 360 g/mol. The number of hydrogen-bond acceptors (Lipinski definition) is 3. The molecule has 2 N–H and O–H groups in total. The summed E-state index contributed by atoms with van der Waals surface area (Å²) in [6.07, 6.45) is 0.354. The number of carboxylic acid groups (broad SMARTS) is 1. The van der Waals surface area contributed by atoms with Gasteiger partial charge >= 0.3 is 5.97 Å². The number of ether oxygens (including phenoxy) is 1. The maximum atomic E-state index is 11.5. The van der Waals surface area contributed by atoms with Crippen LogP contribution in [0.4, 0.5) is 0 Å². The fraction of sp³-hybridized carbons (Fsp3) is 0.174. The van der Waals surface area contributed by atoms with E-state index in [2.05, 4.69) is 12.1 Å². The first-order valence-electron chi connectivity index (χ1n) is 8.81. The van der Waals surface area contributed by atoms with Gasteiger partial charge in [0.05, 0.1) is 13.5 Å². The lowest BCUT2D eigenvalue weighted by Crippen LogP contribution is -2.30. The van der Waals surface area contributed by atoms with Gasteiger partial charge in [0.15, 0.2) is 0 Å². The summed E-state index contributed by atoms with van der Waals surface area (Å²) < 4.78 is 5.25. The minimum Gasteiger partial charge on any atom is -0.497 e. The van der Waals surface area contributed by atoms with Crippen molar-refractivity contribution >= 4 is 5.97 Å². The van der Waals surface area contributed by atoms with Gasteiger partial charge in [0, 0.05) is 0 Å². The molecule has 0 radical (unpaired) electrons. The van der Waals surface area contributed by atoms with Crippen LogP contribution in [0.3, 0.4) is 0 Å². The predicted molar refractivity (Wildman–Crippen MR) is 103 cm³/mol. The molecule has 0 aliphatic heterocycles. The molecule has 3 aromatic rings. The third-order valence-electron chi connectivity index (χ3n) is 5.23. The zero-order chi connectivity index (χ0) is 19.0. The third-order valence-corrected chi connectivity index (χ3v) is 5.23. The Morgan fingerprint density at radius 3 is 2.48 bits per heavy atom. The molecule has 0 saturated carbocycles. The summed E-state index contributed by atoms with van der Waals surface area (Å²) in [6, 6.07) is 20.9. The normalized spacial score (nSPS) is 14.1. The maximum absolute atomic E-state index is 11.5. The van der Waals surface area contributed by atoms with Gasteiger partial charge in [0.2, 0.25) is 0 Å². The van der Waals surface area contributed by atoms with Crippen molar-refractivity contribution in [2.45, 2.75) is 18.4 Å². The van der Waals surface area contributed by atoms with E-state index in [1.807, 2.05) is 30.3 Å². The number of hydrogen-bond donors (Lipinski definition) is 2. The van der Waals surface area contributed by atoms with Crippen molar-refractivity contribution in [2.24, 2.45) is 0 Å². The fourth-order valence-corrected chi connectivity index (χ4v) is 3.87. The summed E-state index contributed by atoms with van der Waals surface area (Å²) in [5.41, 5.74) is 4.11. The Hall–Kier alpha value is -3.11. The molecule has 0 unspecified atom stereocenters. The van der Waals surface area contributed by atoms with Crippen LogP contribution in [0, 0.1) is 0 Å². The number of benzene rings is 3. The van der Waals surface area contributed by atoms with E-state index in [0.29, 0.717) is 16.9 Å². The maximum Gasteiger partial charge on any atom is 0.306 e. The lowest BCUT2D eigenvalue weighted by molar-refractivity contribution is -0.141. The van der Waals surface area contributed by atoms with E-state index in [4.69, 9.17) is 4.74 Å². The Bertz CT molecular complexity index is 1020. The summed E-state index contributed by atoms with van der Waals surface area (Å²) in [4.78, 5) is 11.5. The Labute approximate surface area is 157 Å². The summed E-state index contributed by atoms with van der Waals surface area (Å²) in [7, 11) is 1.54. The minimum absolute atomic E-state index is 0.425. The summed E-state index contributed by atoms with van der Waals surface area (Å²) >= 11 is 0. The zero-order valence-electron chi connectivity index (χ0n) is 15.0. The standard InChI is InChI=1S/C23H20O4/c1-27-19-7-4-6-17(13-19)23(26,14-22(24)25)18-9-10-21-16(12-18)11-15-5-2-3-8-20(15)21/h2-10,12-13,26H,11,14H2,1H3,(H,24,25)/t23-/m1/s1. The van der Waals surface area contributed by atoms with E-state index in [0.717, 1.165) is 17.5 Å². The highest BCUT2D eigenvalue weighted by atomic mass is 16.5. The van der Waals surface area contributed by atoms with Gasteiger partial charge < -0.3 is 14.9 Å². The molecular weight excluding hydrogens is 340 g/mol. The second-order valence-corrected chi connectivity index (χ2v) is 6.87. The number of aliphatic hydroxyl groups is 1. The molecule has 27 heavy (non-hydrogen) atoms. The van der Waals surface area contributed by atoms with Crippen molar-refractivity contribution in [2.75, 3.05) is 7.11 Å². The summed E-state index contributed by atoms with van der Waals surface area (Å²) in [6.45, 7) is 0. The zero-order valence-corrected chi connectivity index (χ0v) is 15.0. The minimum atomic E-state index is -1.63. The largest absolute Gasteiger partial charge is 0.497 e. The number of fused-ring (bicyclic) bond motifs is 3. The predicted octanol–water partition coefficient (Wildman–Crippen LogP) is 3.98. The first-order valence-corrected chi connectivity index (χ1v) is 8.81. The van der Waals surface area contributed by atoms with Gasteiger partial charge in [-0.05, 0) is 51.9 Å². The monoisotopic (exact) mass is 360 g/mol. The highest BCUT2D eigenvalue weighted by Crippen LogP contribution is 2.41. The van der Waals surface area contributed by atoms with Crippen molar-refractivity contribution < 1.29 is 19.7 Å². The Balaban J connectivity index is 1.82. The van der Waals surface area contributed by atoms with E-state index < -0.39 is 18.0 Å². The number of aliphatic carboxylic acids is 1. The van der Waals surface area contributed by atoms with Crippen LogP contribution in [-0.4, -0.2) is 23.3 Å². The highest BCUT2D eigenvalue weighted by molar-refractivity contribution is 5.77. The van der Waals surface area contributed by atoms with Crippen molar-refractivity contribution in [1.82, 2.24) is 0 Å². The molecule has 0 heterocycles. The van der Waals surface area contributed by atoms with Gasteiger partial charge in [-0.2, -0.15) is 0 Å². The molecule has 0 fully saturated rings. The van der Waals surface area contributed by atoms with E-state index in [9.17, 15) is 15.0 Å². The number of rotatable bonds is 5. The quantitative estimate of drug-likeness (QED) is 0.565. The molecule has 4 rings (SSSR count). The van der Waals surface area contributed by atoms with Crippen molar-refractivity contribution in [3.8, 4) is 16.9 Å². The average Bonchev–Trinajstić information content (AvgIpc) is 3.05. The second-order valence-electron chi connectivity index (χ2n) is 6.87. The van der Waals surface area contributed by atoms with E-state index in [1.165, 1.54) is 11.1 Å². The molecule has 136 valence electrons. The van der Waals surface area contributed by atoms with E-state index in [-0.39, 0.29) is 0 Å². The first kappa shape index (κ1) is 17.3. The van der Waals surface area contributed by atoms with Crippen molar-refractivity contribution in [3.05, 3.63) is 89.0 Å². The van der Waals surface area contributed by atoms with Gasteiger partial charge in [-0.1, -0.05) is 54.6 Å². The first-order chi connectivity index (χ1) is 13.0. The van der Waals surface area contributed by atoms with Crippen LogP contribution in [0.15, 0.2) is 66.7 Å². The van der Waals surface area contributed by atoms with Gasteiger partial charge in [-0.3, -0.25) is 4.79 Å². The van der Waals surface area contributed by atoms with Gasteiger partial charge in [0.1, 0.15) is 11.4 Å². The molecule has 0 bridgehead atoms. The molecular formula is C23H20O4. The lowest BCUT2D eigenvalue weighted by atomic mass is 9.82. The Morgan fingerprint density at radius 2 is 1.70 bits per heavy atom. The molecule has 1 atom stereocenters. The van der Waals surface area contributed by atoms with Crippen LogP contribution in [0.2, 0.25) is 0 Å². The molecule has 4 nitrogen and oxygen atoms in total. The Kier molecular flexibility index (Phi) is 4.21. The van der Waals surface area contributed by atoms with Crippen molar-refractivity contribution in [3.63, 3.8) is 0 Å². The highest BCUT2D eigenvalue weighted by Gasteiger charge is 2.35. The van der Waals surface area contributed by atoms with Crippen molar-refractivity contribution in [1.29, 1.82) is 0 Å². The van der Waals surface area contributed by atoms with E-state index in [1.54, 1.807) is 31.4 Å². The molecule has 0 spiro atoms. The van der Waals surface area contributed by atoms with Crippen LogP contribution in [0.5, 0.6) is 5.75 Å². The molecule has 1 aliphatic carbocycles. The Morgan fingerprint density at radius 1 is 0.963 bits per heavy atom. The fourth-order valence-electron chi connectivity index (χ4n) is 3.87. The van der Waals surface area contributed by atoms with Gasteiger partial charge in [-0.25, -0.2) is 0 Å². The third kappa shape index (κ3) is 2.98. The van der Waals surface area contributed by atoms with Crippen LogP contribution < -0.4 is 4.74 Å². The number of methoxy groups -OCH3 is 1. The van der Waals surface area contributed by atoms with E-state index >= 15 is 0 Å². The summed E-state index contributed by atoms with van der Waals surface area (Å²) in [5, 5.41) is 20.9. The van der Waals surface area contributed by atoms with Gasteiger partial charge in [-0.15, -0.1) is 0 Å². The smallest absolute Gasteiger partial charge is 0.306 e. The molecule has 4 heteroatoms. The molecule has 3 aromatic carbocycles. The number of carboxylic acids is 1. The van der Waals surface area contributed by atoms with Gasteiger partial charge in [0.25, 0.3) is 0 Å².